The van der Waals surface area contributed by atoms with Crippen molar-refractivity contribution >= 4 is 5.82 Å². The lowest BCUT2D eigenvalue weighted by Crippen LogP contribution is -2.13. The molecule has 4 nitrogen and oxygen atoms in total. The molecular formula is C8H14N4. The Bertz CT molecular complexity index is 247. The number of hydrogen-bond donors (Lipinski definition) is 1. The molecule has 1 aromatic rings. The Kier molecular flexibility index (Phi) is 2.99. The van der Waals surface area contributed by atoms with Gasteiger partial charge in [-0.3, -0.25) is 0 Å². The first-order valence-electron chi connectivity index (χ1n) is 3.93. The van der Waals surface area contributed by atoms with Gasteiger partial charge in [-0.1, -0.05) is 0 Å². The van der Waals surface area contributed by atoms with E-state index < -0.39 is 0 Å². The fourth-order valence-corrected chi connectivity index (χ4v) is 0.887. The van der Waals surface area contributed by atoms with Gasteiger partial charge in [0.1, 0.15) is 11.6 Å². The molecule has 2 N–H and O–H groups in total. The van der Waals surface area contributed by atoms with Crippen molar-refractivity contribution in [1.29, 1.82) is 0 Å². The molecule has 66 valence electrons. The molecule has 0 aliphatic rings. The lowest BCUT2D eigenvalue weighted by molar-refractivity contribution is 0.858. The van der Waals surface area contributed by atoms with Crippen molar-refractivity contribution in [2.24, 2.45) is 5.73 Å². The maximum absolute atomic E-state index is 5.39. The zero-order chi connectivity index (χ0) is 8.97. The van der Waals surface area contributed by atoms with Crippen LogP contribution >= 0.6 is 0 Å². The van der Waals surface area contributed by atoms with Crippen LogP contribution in [0.3, 0.4) is 0 Å². The number of hydrogen-bond acceptors (Lipinski definition) is 4. The van der Waals surface area contributed by atoms with Crippen molar-refractivity contribution in [1.82, 2.24) is 9.97 Å². The molecule has 12 heavy (non-hydrogen) atoms. The van der Waals surface area contributed by atoms with Crippen LogP contribution in [0.15, 0.2) is 12.3 Å². The van der Waals surface area contributed by atoms with Gasteiger partial charge in [-0.25, -0.2) is 9.97 Å². The van der Waals surface area contributed by atoms with Crippen LogP contribution < -0.4 is 10.6 Å². The minimum absolute atomic E-state index is 0.594. The number of nitrogens with zero attached hydrogens (tertiary/aromatic N) is 3. The van der Waals surface area contributed by atoms with E-state index in [4.69, 9.17) is 5.73 Å². The van der Waals surface area contributed by atoms with Crippen LogP contribution in [0.5, 0.6) is 0 Å². The molecule has 0 fully saturated rings. The van der Waals surface area contributed by atoms with E-state index in [2.05, 4.69) is 9.97 Å². The van der Waals surface area contributed by atoms with Crippen LogP contribution in [0.25, 0.3) is 0 Å². The lowest BCUT2D eigenvalue weighted by Gasteiger charge is -2.10. The molecule has 0 aliphatic carbocycles. The van der Waals surface area contributed by atoms with Crippen LogP contribution in [-0.2, 0) is 6.42 Å². The Morgan fingerprint density at radius 2 is 2.25 bits per heavy atom. The molecule has 0 aliphatic heterocycles. The second-order valence-corrected chi connectivity index (χ2v) is 2.76. The van der Waals surface area contributed by atoms with Crippen molar-refractivity contribution in [2.75, 3.05) is 25.5 Å². The third kappa shape index (κ3) is 2.17. The van der Waals surface area contributed by atoms with E-state index in [0.29, 0.717) is 6.54 Å². The molecular weight excluding hydrogens is 152 g/mol. The summed E-state index contributed by atoms with van der Waals surface area (Å²) in [5.41, 5.74) is 5.39. The van der Waals surface area contributed by atoms with Gasteiger partial charge >= 0.3 is 0 Å². The molecule has 0 saturated carbocycles. The van der Waals surface area contributed by atoms with Gasteiger partial charge in [-0.05, 0) is 12.6 Å². The summed E-state index contributed by atoms with van der Waals surface area (Å²) in [7, 11) is 3.91. The quantitative estimate of drug-likeness (QED) is 0.689. The highest BCUT2D eigenvalue weighted by Gasteiger charge is 1.98. The van der Waals surface area contributed by atoms with E-state index in [1.165, 1.54) is 0 Å². The fraction of sp³-hybridized carbons (Fsp3) is 0.500. The summed E-state index contributed by atoms with van der Waals surface area (Å²) in [6.07, 6.45) is 2.50. The van der Waals surface area contributed by atoms with Gasteiger partial charge in [0.05, 0.1) is 0 Å². The largest absolute Gasteiger partial charge is 0.363 e. The molecule has 0 aromatic carbocycles. The van der Waals surface area contributed by atoms with E-state index in [1.54, 1.807) is 6.20 Å². The van der Waals surface area contributed by atoms with Crippen LogP contribution in [0, 0.1) is 0 Å². The third-order valence-corrected chi connectivity index (χ3v) is 1.52. The van der Waals surface area contributed by atoms with Gasteiger partial charge in [0.25, 0.3) is 0 Å². The van der Waals surface area contributed by atoms with E-state index in [9.17, 15) is 0 Å². The minimum atomic E-state index is 0.594. The van der Waals surface area contributed by atoms with Crippen molar-refractivity contribution in [3.05, 3.63) is 18.1 Å². The monoisotopic (exact) mass is 166 g/mol. The minimum Gasteiger partial charge on any atom is -0.363 e. The first-order valence-corrected chi connectivity index (χ1v) is 3.93. The highest BCUT2D eigenvalue weighted by Crippen LogP contribution is 2.04. The molecule has 0 spiro atoms. The molecule has 0 atom stereocenters. The summed E-state index contributed by atoms with van der Waals surface area (Å²) in [6, 6.07) is 1.88. The summed E-state index contributed by atoms with van der Waals surface area (Å²) in [6.45, 7) is 0.594. The van der Waals surface area contributed by atoms with Gasteiger partial charge in [0.2, 0.25) is 0 Å². The second-order valence-electron chi connectivity index (χ2n) is 2.76. The maximum Gasteiger partial charge on any atom is 0.131 e. The van der Waals surface area contributed by atoms with Crippen LogP contribution in [0.1, 0.15) is 5.82 Å². The Balaban J connectivity index is 2.81. The van der Waals surface area contributed by atoms with Gasteiger partial charge in [0, 0.05) is 26.7 Å². The van der Waals surface area contributed by atoms with Crippen LogP contribution in [-0.4, -0.2) is 30.6 Å². The molecule has 0 saturated heterocycles. The van der Waals surface area contributed by atoms with Crippen molar-refractivity contribution in [2.45, 2.75) is 6.42 Å². The predicted molar refractivity (Wildman–Crippen MR) is 49.1 cm³/mol. The SMILES string of the molecule is CN(C)c1ccnc(CCN)n1. The third-order valence-electron chi connectivity index (χ3n) is 1.52. The summed E-state index contributed by atoms with van der Waals surface area (Å²) in [4.78, 5) is 10.3. The number of rotatable bonds is 3. The average Bonchev–Trinajstić information content (AvgIpc) is 2.05. The van der Waals surface area contributed by atoms with Gasteiger partial charge in [-0.15, -0.1) is 0 Å². The molecule has 0 unspecified atom stereocenters. The zero-order valence-corrected chi connectivity index (χ0v) is 7.49. The molecule has 4 heteroatoms. The smallest absolute Gasteiger partial charge is 0.131 e. The first kappa shape index (κ1) is 8.93. The zero-order valence-electron chi connectivity index (χ0n) is 7.49. The normalized spacial score (nSPS) is 9.92. The highest BCUT2D eigenvalue weighted by atomic mass is 15.1. The van der Waals surface area contributed by atoms with Crippen LogP contribution in [0.4, 0.5) is 5.82 Å². The van der Waals surface area contributed by atoms with E-state index in [0.717, 1.165) is 18.1 Å². The Labute approximate surface area is 72.4 Å². The number of aromatic nitrogens is 2. The van der Waals surface area contributed by atoms with E-state index in [1.807, 2.05) is 25.1 Å². The summed E-state index contributed by atoms with van der Waals surface area (Å²) in [5.74, 6) is 1.73. The lowest BCUT2D eigenvalue weighted by atomic mass is 10.4. The fourth-order valence-electron chi connectivity index (χ4n) is 0.887. The standard InChI is InChI=1S/C8H14N4/c1-12(2)8-4-6-10-7(11-8)3-5-9/h4,6H,3,5,9H2,1-2H3. The highest BCUT2D eigenvalue weighted by molar-refractivity contribution is 5.34. The molecule has 0 amide bonds. The van der Waals surface area contributed by atoms with Crippen LogP contribution in [0.2, 0.25) is 0 Å². The van der Waals surface area contributed by atoms with Crippen molar-refractivity contribution in [3.63, 3.8) is 0 Å². The Morgan fingerprint density at radius 1 is 1.50 bits per heavy atom. The first-order chi connectivity index (χ1) is 5.74. The Hall–Kier alpha value is -1.16. The maximum atomic E-state index is 5.39. The Morgan fingerprint density at radius 3 is 2.83 bits per heavy atom. The topological polar surface area (TPSA) is 55.0 Å². The van der Waals surface area contributed by atoms with E-state index in [-0.39, 0.29) is 0 Å². The van der Waals surface area contributed by atoms with E-state index >= 15 is 0 Å². The number of anilines is 1. The molecule has 1 heterocycles. The van der Waals surface area contributed by atoms with Gasteiger partial charge in [-0.2, -0.15) is 0 Å². The molecule has 1 rings (SSSR count). The summed E-state index contributed by atoms with van der Waals surface area (Å²) < 4.78 is 0. The molecule has 0 bridgehead atoms. The predicted octanol–water partition coefficient (Wildman–Crippen LogP) is 0.0438. The van der Waals surface area contributed by atoms with Crippen molar-refractivity contribution in [3.8, 4) is 0 Å². The van der Waals surface area contributed by atoms with Gasteiger partial charge in [0.15, 0.2) is 0 Å². The number of nitrogens with two attached hydrogens (primary N) is 1. The molecule has 1 aromatic heterocycles. The van der Waals surface area contributed by atoms with Gasteiger partial charge < -0.3 is 10.6 Å². The summed E-state index contributed by atoms with van der Waals surface area (Å²) in [5, 5.41) is 0. The molecule has 0 radical (unpaired) electrons. The van der Waals surface area contributed by atoms with Crippen molar-refractivity contribution < 1.29 is 0 Å². The average molecular weight is 166 g/mol. The second kappa shape index (κ2) is 4.01. The summed E-state index contributed by atoms with van der Waals surface area (Å²) >= 11 is 0.